The SMILES string of the molecule is CC(C)Oc1ccc(CNC(=S)NN)cc1. The Hall–Kier alpha value is -1.33. The molecule has 1 aromatic carbocycles. The van der Waals surface area contributed by atoms with Gasteiger partial charge >= 0.3 is 0 Å². The first-order chi connectivity index (χ1) is 7.61. The summed E-state index contributed by atoms with van der Waals surface area (Å²) in [7, 11) is 0. The number of hydrazine groups is 1. The number of rotatable bonds is 4. The topological polar surface area (TPSA) is 59.3 Å². The second-order valence-corrected chi connectivity index (χ2v) is 4.05. The monoisotopic (exact) mass is 239 g/mol. The Labute approximate surface area is 101 Å². The number of nitrogens with one attached hydrogen (secondary N) is 2. The molecule has 0 aliphatic carbocycles. The van der Waals surface area contributed by atoms with Crippen LogP contribution in [0, 0.1) is 0 Å². The van der Waals surface area contributed by atoms with E-state index in [4.69, 9.17) is 22.8 Å². The van der Waals surface area contributed by atoms with Crippen molar-refractivity contribution < 1.29 is 4.74 Å². The van der Waals surface area contributed by atoms with E-state index in [1.165, 1.54) is 0 Å². The van der Waals surface area contributed by atoms with Gasteiger partial charge in [0.15, 0.2) is 5.11 Å². The lowest BCUT2D eigenvalue weighted by atomic mass is 10.2. The number of benzene rings is 1. The standard InChI is InChI=1S/C11H17N3OS/c1-8(2)15-10-5-3-9(4-6-10)7-13-11(16)14-12/h3-6,8H,7,12H2,1-2H3,(H2,13,14,16). The molecule has 0 heterocycles. The molecule has 4 nitrogen and oxygen atoms in total. The van der Waals surface area contributed by atoms with Crippen LogP contribution in [0.5, 0.6) is 5.75 Å². The molecular formula is C11H17N3OS. The molecule has 0 aliphatic heterocycles. The van der Waals surface area contributed by atoms with Gasteiger partial charge in [-0.15, -0.1) is 0 Å². The van der Waals surface area contributed by atoms with Crippen molar-refractivity contribution >= 4 is 17.3 Å². The van der Waals surface area contributed by atoms with E-state index in [9.17, 15) is 0 Å². The van der Waals surface area contributed by atoms with Crippen LogP contribution in [0.25, 0.3) is 0 Å². The Morgan fingerprint density at radius 2 is 2.00 bits per heavy atom. The van der Waals surface area contributed by atoms with Gasteiger partial charge in [-0.3, -0.25) is 0 Å². The van der Waals surface area contributed by atoms with Gasteiger partial charge in [-0.05, 0) is 43.8 Å². The molecule has 0 fully saturated rings. The highest BCUT2D eigenvalue weighted by atomic mass is 32.1. The highest BCUT2D eigenvalue weighted by molar-refractivity contribution is 7.80. The van der Waals surface area contributed by atoms with Gasteiger partial charge in [-0.2, -0.15) is 0 Å². The van der Waals surface area contributed by atoms with Crippen LogP contribution >= 0.6 is 12.2 Å². The van der Waals surface area contributed by atoms with Gasteiger partial charge in [0.05, 0.1) is 6.10 Å². The number of ether oxygens (including phenoxy) is 1. The quantitative estimate of drug-likeness (QED) is 0.420. The number of hydrogen-bond acceptors (Lipinski definition) is 3. The number of hydrogen-bond donors (Lipinski definition) is 3. The lowest BCUT2D eigenvalue weighted by molar-refractivity contribution is 0.242. The van der Waals surface area contributed by atoms with Gasteiger partial charge in [0.2, 0.25) is 0 Å². The molecule has 0 saturated carbocycles. The van der Waals surface area contributed by atoms with Gasteiger partial charge < -0.3 is 15.5 Å². The smallest absolute Gasteiger partial charge is 0.180 e. The maximum Gasteiger partial charge on any atom is 0.180 e. The van der Waals surface area contributed by atoms with Gasteiger partial charge in [0, 0.05) is 6.54 Å². The summed E-state index contributed by atoms with van der Waals surface area (Å²) in [4.78, 5) is 0. The first-order valence-electron chi connectivity index (χ1n) is 5.12. The van der Waals surface area contributed by atoms with Crippen LogP contribution in [0.4, 0.5) is 0 Å². The van der Waals surface area contributed by atoms with Crippen LogP contribution in [0.15, 0.2) is 24.3 Å². The van der Waals surface area contributed by atoms with Gasteiger partial charge in [0.25, 0.3) is 0 Å². The third-order valence-corrected chi connectivity index (χ3v) is 2.14. The normalized spacial score (nSPS) is 10.0. The zero-order chi connectivity index (χ0) is 12.0. The lowest BCUT2D eigenvalue weighted by Gasteiger charge is -2.10. The van der Waals surface area contributed by atoms with Crippen molar-refractivity contribution in [2.24, 2.45) is 5.84 Å². The summed E-state index contributed by atoms with van der Waals surface area (Å²) in [5.74, 6) is 6.01. The molecule has 4 N–H and O–H groups in total. The van der Waals surface area contributed by atoms with E-state index >= 15 is 0 Å². The van der Waals surface area contributed by atoms with Crippen molar-refractivity contribution in [3.8, 4) is 5.75 Å². The maximum absolute atomic E-state index is 5.54. The molecule has 1 aromatic rings. The van der Waals surface area contributed by atoms with E-state index in [1.807, 2.05) is 38.1 Å². The first-order valence-corrected chi connectivity index (χ1v) is 5.52. The minimum absolute atomic E-state index is 0.193. The molecule has 1 rings (SSSR count). The molecule has 0 aliphatic rings. The second-order valence-electron chi connectivity index (χ2n) is 3.64. The fourth-order valence-corrected chi connectivity index (χ4v) is 1.26. The van der Waals surface area contributed by atoms with Crippen LogP contribution in [0.2, 0.25) is 0 Å². The van der Waals surface area contributed by atoms with Crippen LogP contribution in [0.3, 0.4) is 0 Å². The summed E-state index contributed by atoms with van der Waals surface area (Å²) in [6, 6.07) is 7.86. The van der Waals surface area contributed by atoms with Gasteiger partial charge in [0.1, 0.15) is 5.75 Å². The van der Waals surface area contributed by atoms with E-state index in [0.29, 0.717) is 11.7 Å². The van der Waals surface area contributed by atoms with E-state index in [0.717, 1.165) is 11.3 Å². The summed E-state index contributed by atoms with van der Waals surface area (Å²) >= 11 is 4.87. The summed E-state index contributed by atoms with van der Waals surface area (Å²) in [5.41, 5.74) is 3.49. The Balaban J connectivity index is 2.48. The van der Waals surface area contributed by atoms with Gasteiger partial charge in [-0.1, -0.05) is 12.1 Å². The molecule has 0 saturated heterocycles. The Bertz CT molecular complexity index is 338. The highest BCUT2D eigenvalue weighted by Gasteiger charge is 1.98. The molecule has 0 bridgehead atoms. The molecule has 0 aromatic heterocycles. The Kier molecular flexibility index (Phi) is 5.01. The summed E-state index contributed by atoms with van der Waals surface area (Å²) in [5, 5.41) is 3.40. The van der Waals surface area contributed by atoms with Crippen molar-refractivity contribution in [3.63, 3.8) is 0 Å². The fraction of sp³-hybridized carbons (Fsp3) is 0.364. The van der Waals surface area contributed by atoms with Crippen molar-refractivity contribution in [2.45, 2.75) is 26.5 Å². The second kappa shape index (κ2) is 6.30. The zero-order valence-electron chi connectivity index (χ0n) is 9.49. The van der Waals surface area contributed by atoms with E-state index in [2.05, 4.69) is 10.7 Å². The van der Waals surface area contributed by atoms with E-state index in [1.54, 1.807) is 0 Å². The number of thiocarbonyl (C=S) groups is 1. The van der Waals surface area contributed by atoms with Crippen molar-refractivity contribution in [1.82, 2.24) is 10.7 Å². The molecule has 0 spiro atoms. The highest BCUT2D eigenvalue weighted by Crippen LogP contribution is 2.13. The minimum Gasteiger partial charge on any atom is -0.491 e. The van der Waals surface area contributed by atoms with Gasteiger partial charge in [-0.25, -0.2) is 5.84 Å². The summed E-state index contributed by atoms with van der Waals surface area (Å²) in [6.45, 7) is 4.65. The molecule has 0 amide bonds. The predicted molar refractivity (Wildman–Crippen MR) is 69.0 cm³/mol. The third-order valence-electron chi connectivity index (χ3n) is 1.88. The van der Waals surface area contributed by atoms with Crippen molar-refractivity contribution in [1.29, 1.82) is 0 Å². The predicted octanol–water partition coefficient (Wildman–Crippen LogP) is 1.31. The van der Waals surface area contributed by atoms with Crippen molar-refractivity contribution in [3.05, 3.63) is 29.8 Å². The largest absolute Gasteiger partial charge is 0.491 e. The molecule has 0 unspecified atom stereocenters. The fourth-order valence-electron chi connectivity index (χ4n) is 1.19. The van der Waals surface area contributed by atoms with Crippen LogP contribution < -0.4 is 21.3 Å². The van der Waals surface area contributed by atoms with Crippen LogP contribution in [-0.4, -0.2) is 11.2 Å². The summed E-state index contributed by atoms with van der Waals surface area (Å²) < 4.78 is 5.54. The molecule has 16 heavy (non-hydrogen) atoms. The van der Waals surface area contributed by atoms with E-state index in [-0.39, 0.29) is 6.10 Å². The summed E-state index contributed by atoms with van der Waals surface area (Å²) in [6.07, 6.45) is 0.193. The van der Waals surface area contributed by atoms with Crippen LogP contribution in [0.1, 0.15) is 19.4 Å². The minimum atomic E-state index is 0.193. The maximum atomic E-state index is 5.54. The zero-order valence-corrected chi connectivity index (χ0v) is 10.3. The Morgan fingerprint density at radius 3 is 2.50 bits per heavy atom. The molecule has 0 radical (unpaired) electrons. The van der Waals surface area contributed by atoms with E-state index < -0.39 is 0 Å². The lowest BCUT2D eigenvalue weighted by Crippen LogP contribution is -2.39. The number of nitrogens with two attached hydrogens (primary N) is 1. The molecule has 5 heteroatoms. The third kappa shape index (κ3) is 4.46. The van der Waals surface area contributed by atoms with Crippen LogP contribution in [-0.2, 0) is 6.54 Å². The average Bonchev–Trinajstić information content (AvgIpc) is 2.27. The van der Waals surface area contributed by atoms with Crippen molar-refractivity contribution in [2.75, 3.05) is 0 Å². The Morgan fingerprint density at radius 1 is 1.38 bits per heavy atom. The molecular weight excluding hydrogens is 222 g/mol. The average molecular weight is 239 g/mol. The first kappa shape index (κ1) is 12.7. The molecule has 0 atom stereocenters. The molecule has 88 valence electrons.